The van der Waals surface area contributed by atoms with Gasteiger partial charge in [-0.3, -0.25) is 43.2 Å². The molecule has 0 aliphatic heterocycles. The maximum atomic E-state index is 13.1. The van der Waals surface area contributed by atoms with Crippen LogP contribution in [-0.4, -0.2) is 110 Å². The molecule has 0 aliphatic carbocycles. The average Bonchev–Trinajstić information content (AvgIpc) is 3.66. The summed E-state index contributed by atoms with van der Waals surface area (Å²) < 4.78 is 50.9. The van der Waals surface area contributed by atoms with Crippen molar-refractivity contribution in [2.75, 3.05) is 19.8 Å². The second kappa shape index (κ2) is 56.0. The lowest BCUT2D eigenvalue weighted by atomic mass is 9.94. The maximum absolute atomic E-state index is 13.1. The average molecular weight is 1270 g/mol. The van der Waals surface area contributed by atoms with E-state index in [0.29, 0.717) is 77.0 Å². The van der Waals surface area contributed by atoms with Gasteiger partial charge in [0.15, 0.2) is 0 Å². The Hall–Kier alpha value is -4.77. The highest BCUT2D eigenvalue weighted by Crippen LogP contribution is 2.25. The molecule has 0 fully saturated rings. The van der Waals surface area contributed by atoms with Gasteiger partial charge in [-0.25, -0.2) is 0 Å². The quantitative estimate of drug-likeness (QED) is 0.0312. The standard InChI is InChI=1S/C71H126O18/c1-11-14-17-29-38-62(84-56(4)72)47-50-65(87-59(7)75)41-32-23-20-26-35-44-68(78)81-53-71(10,54-82-69(79)45-36-27-21-24-33-42-66(88-60(8)76)51-48-63(85-57(5)73)39-30-18-15-12-2)55-83-70(80)46-37-28-22-25-34-43-67(89-61(9)77)52-49-64(86-58(6)74)40-31-19-16-13-3/h62-67H,11-55H2,1-10H3. The summed E-state index contributed by atoms with van der Waals surface area (Å²) in [6.07, 6.45) is 32.6. The fraction of sp³-hybridized carbons (Fsp3) is 0.873. The van der Waals surface area contributed by atoms with Crippen LogP contribution in [0.2, 0.25) is 0 Å². The van der Waals surface area contributed by atoms with Crippen LogP contribution in [0.15, 0.2) is 0 Å². The molecular formula is C71H126O18. The van der Waals surface area contributed by atoms with E-state index in [-0.39, 0.29) is 112 Å². The van der Waals surface area contributed by atoms with Crippen molar-refractivity contribution in [3.8, 4) is 0 Å². The van der Waals surface area contributed by atoms with E-state index < -0.39 is 23.3 Å². The largest absolute Gasteiger partial charge is 0.465 e. The van der Waals surface area contributed by atoms with Gasteiger partial charge in [0.1, 0.15) is 56.4 Å². The van der Waals surface area contributed by atoms with Gasteiger partial charge in [0.2, 0.25) is 0 Å². The molecule has 0 rings (SSSR count). The van der Waals surface area contributed by atoms with Crippen molar-refractivity contribution in [3.63, 3.8) is 0 Å². The predicted molar refractivity (Wildman–Crippen MR) is 345 cm³/mol. The van der Waals surface area contributed by atoms with Gasteiger partial charge in [-0.1, -0.05) is 136 Å². The summed E-state index contributed by atoms with van der Waals surface area (Å²) in [5, 5.41) is 0. The van der Waals surface area contributed by atoms with Gasteiger partial charge >= 0.3 is 53.7 Å². The molecule has 18 nitrogen and oxygen atoms in total. The lowest BCUT2D eigenvalue weighted by Crippen LogP contribution is -2.37. The van der Waals surface area contributed by atoms with E-state index in [0.717, 1.165) is 173 Å². The van der Waals surface area contributed by atoms with Gasteiger partial charge < -0.3 is 42.6 Å². The second-order valence-corrected chi connectivity index (χ2v) is 25.4. The Labute approximate surface area is 538 Å². The number of carbonyl (C=O) groups excluding carboxylic acids is 9. The van der Waals surface area contributed by atoms with Gasteiger partial charge in [-0.2, -0.15) is 0 Å². The Kier molecular flexibility index (Phi) is 53.0. The third kappa shape index (κ3) is 54.7. The maximum Gasteiger partial charge on any atom is 0.305 e. The highest BCUT2D eigenvalue weighted by Gasteiger charge is 2.31. The number of carbonyl (C=O) groups is 9. The van der Waals surface area contributed by atoms with Crippen LogP contribution in [0.5, 0.6) is 0 Å². The van der Waals surface area contributed by atoms with Gasteiger partial charge in [0, 0.05) is 60.8 Å². The number of hydrogen-bond acceptors (Lipinski definition) is 18. The van der Waals surface area contributed by atoms with Gasteiger partial charge in [0.05, 0.1) is 5.41 Å². The first kappa shape index (κ1) is 84.2. The highest BCUT2D eigenvalue weighted by atomic mass is 16.6. The van der Waals surface area contributed by atoms with Crippen LogP contribution in [0.4, 0.5) is 0 Å². The number of rotatable bonds is 60. The van der Waals surface area contributed by atoms with E-state index in [4.69, 9.17) is 42.6 Å². The van der Waals surface area contributed by atoms with Crippen molar-refractivity contribution in [1.29, 1.82) is 0 Å². The lowest BCUT2D eigenvalue weighted by Gasteiger charge is -2.28. The molecule has 6 atom stereocenters. The van der Waals surface area contributed by atoms with Crippen LogP contribution >= 0.6 is 0 Å². The van der Waals surface area contributed by atoms with E-state index in [9.17, 15) is 43.2 Å². The smallest absolute Gasteiger partial charge is 0.305 e. The first-order valence-corrected chi connectivity index (χ1v) is 35.1. The second-order valence-electron chi connectivity index (χ2n) is 25.4. The first-order valence-electron chi connectivity index (χ1n) is 35.1. The van der Waals surface area contributed by atoms with Crippen molar-refractivity contribution >= 4 is 53.7 Å². The molecular weight excluding hydrogens is 1140 g/mol. The zero-order valence-corrected chi connectivity index (χ0v) is 57.6. The molecule has 0 aliphatic rings. The molecule has 0 heterocycles. The summed E-state index contributed by atoms with van der Waals surface area (Å²) in [5.74, 6) is -3.09. The molecule has 18 heteroatoms. The molecule has 0 aromatic carbocycles. The lowest BCUT2D eigenvalue weighted by molar-refractivity contribution is -0.161. The molecule has 0 spiro atoms. The van der Waals surface area contributed by atoms with E-state index >= 15 is 0 Å². The molecule has 6 unspecified atom stereocenters. The SMILES string of the molecule is CCCCCCC(CCC(CCCCCCCC(=O)OCC(C)(COC(=O)CCCCCCCC(CCC(CCCCCC)OC(C)=O)OC(C)=O)COC(=O)CCCCCCCC(CCC(CCCCCC)OC(C)=O)OC(C)=O)OC(C)=O)OC(C)=O. The van der Waals surface area contributed by atoms with Crippen LogP contribution < -0.4 is 0 Å². The zero-order chi connectivity index (χ0) is 66.3. The third-order valence-electron chi connectivity index (χ3n) is 16.0. The highest BCUT2D eigenvalue weighted by molar-refractivity contribution is 5.71. The van der Waals surface area contributed by atoms with Gasteiger partial charge in [-0.05, 0) is 142 Å². The first-order chi connectivity index (χ1) is 42.6. The predicted octanol–water partition coefficient (Wildman–Crippen LogP) is 16.7. The molecule has 0 bridgehead atoms. The Morgan fingerprint density at radius 1 is 0.247 bits per heavy atom. The van der Waals surface area contributed by atoms with E-state index in [1.807, 2.05) is 0 Å². The Balaban J connectivity index is 5.37. The van der Waals surface area contributed by atoms with Crippen molar-refractivity contribution in [3.05, 3.63) is 0 Å². The molecule has 0 saturated heterocycles. The summed E-state index contributed by atoms with van der Waals surface area (Å²) in [6.45, 7) is 16.4. The summed E-state index contributed by atoms with van der Waals surface area (Å²) in [7, 11) is 0. The fourth-order valence-electron chi connectivity index (χ4n) is 11.1. The van der Waals surface area contributed by atoms with Crippen molar-refractivity contribution in [2.45, 2.75) is 376 Å². The number of esters is 9. The summed E-state index contributed by atoms with van der Waals surface area (Å²) in [5.41, 5.74) is -0.996. The van der Waals surface area contributed by atoms with Crippen molar-refractivity contribution in [2.24, 2.45) is 5.41 Å². The van der Waals surface area contributed by atoms with Gasteiger partial charge in [0.25, 0.3) is 0 Å². The third-order valence-corrected chi connectivity index (χ3v) is 16.0. The number of ether oxygens (including phenoxy) is 9. The number of unbranched alkanes of at least 4 members (excludes halogenated alkanes) is 21. The summed E-state index contributed by atoms with van der Waals surface area (Å²) in [4.78, 5) is 110. The van der Waals surface area contributed by atoms with Crippen LogP contribution in [-0.2, 0) is 85.8 Å². The minimum Gasteiger partial charge on any atom is -0.465 e. The van der Waals surface area contributed by atoms with Crippen LogP contribution in [0.3, 0.4) is 0 Å². The van der Waals surface area contributed by atoms with Crippen LogP contribution in [0.25, 0.3) is 0 Å². The Morgan fingerprint density at radius 3 is 0.596 bits per heavy atom. The minimum absolute atomic E-state index is 0.115. The Bertz CT molecular complexity index is 1680. The zero-order valence-electron chi connectivity index (χ0n) is 57.6. The monoisotopic (exact) mass is 1270 g/mol. The minimum atomic E-state index is -0.996. The van der Waals surface area contributed by atoms with Crippen LogP contribution in [0.1, 0.15) is 339 Å². The molecule has 0 N–H and O–H groups in total. The Morgan fingerprint density at radius 2 is 0.416 bits per heavy atom. The molecule has 0 radical (unpaired) electrons. The fourth-order valence-corrected chi connectivity index (χ4v) is 11.1. The van der Waals surface area contributed by atoms with E-state index in [2.05, 4.69) is 20.8 Å². The normalized spacial score (nSPS) is 14.0. The molecule has 0 aromatic heterocycles. The van der Waals surface area contributed by atoms with Crippen LogP contribution in [0, 0.1) is 5.41 Å². The number of hydrogen-bond donors (Lipinski definition) is 0. The molecule has 0 aromatic rings. The summed E-state index contributed by atoms with van der Waals surface area (Å²) >= 11 is 0. The van der Waals surface area contributed by atoms with E-state index in [1.54, 1.807) is 6.92 Å². The molecule has 89 heavy (non-hydrogen) atoms. The molecule has 0 saturated carbocycles. The van der Waals surface area contributed by atoms with E-state index in [1.165, 1.54) is 41.5 Å². The van der Waals surface area contributed by atoms with Crippen molar-refractivity contribution < 1.29 is 85.8 Å². The molecule has 0 amide bonds. The molecule has 518 valence electrons. The topological polar surface area (TPSA) is 237 Å². The van der Waals surface area contributed by atoms with Gasteiger partial charge in [-0.15, -0.1) is 0 Å². The van der Waals surface area contributed by atoms with Crippen molar-refractivity contribution in [1.82, 2.24) is 0 Å². The summed E-state index contributed by atoms with van der Waals surface area (Å²) in [6, 6.07) is 0.